The van der Waals surface area contributed by atoms with E-state index in [1.54, 1.807) is 18.2 Å². The number of nitrogens with zero attached hydrogens (tertiary/aromatic N) is 1. The first kappa shape index (κ1) is 15.4. The molecule has 1 N–H and O–H groups in total. The van der Waals surface area contributed by atoms with Crippen LogP contribution >= 0.6 is 23.2 Å². The van der Waals surface area contributed by atoms with Crippen molar-refractivity contribution in [1.29, 1.82) is 0 Å². The molecule has 0 radical (unpaired) electrons. The second-order valence-electron chi connectivity index (χ2n) is 4.36. The van der Waals surface area contributed by atoms with Crippen LogP contribution in [0.2, 0.25) is 10.0 Å². The summed E-state index contributed by atoms with van der Waals surface area (Å²) in [6.07, 6.45) is 0. The summed E-state index contributed by atoms with van der Waals surface area (Å²) in [6, 6.07) is 4.49. The Morgan fingerprint density at radius 1 is 1.45 bits per heavy atom. The number of carboxylic acid groups (broad SMARTS) is 1. The molecule has 1 saturated heterocycles. The van der Waals surface area contributed by atoms with Crippen molar-refractivity contribution >= 4 is 29.2 Å². The van der Waals surface area contributed by atoms with Crippen molar-refractivity contribution in [3.05, 3.63) is 28.2 Å². The van der Waals surface area contributed by atoms with E-state index in [2.05, 4.69) is 0 Å². The number of carboxylic acids is 1. The van der Waals surface area contributed by atoms with E-state index in [0.29, 0.717) is 42.1 Å². The SMILES string of the molecule is O=C(O)C1COCCN1CCOc1c(Cl)cccc1Cl. The number of hydrogen-bond acceptors (Lipinski definition) is 4. The lowest BCUT2D eigenvalue weighted by Gasteiger charge is -2.32. The number of halogens is 2. The molecule has 1 unspecified atom stereocenters. The highest BCUT2D eigenvalue weighted by Crippen LogP contribution is 2.32. The van der Waals surface area contributed by atoms with Gasteiger partial charge in [0.2, 0.25) is 0 Å². The molecule has 1 aliphatic heterocycles. The number of benzene rings is 1. The minimum atomic E-state index is -0.888. The Bertz CT molecular complexity index is 463. The first-order valence-corrected chi connectivity index (χ1v) is 6.96. The number of rotatable bonds is 5. The molecule has 0 aromatic heterocycles. The lowest BCUT2D eigenvalue weighted by Crippen LogP contribution is -2.51. The van der Waals surface area contributed by atoms with E-state index >= 15 is 0 Å². The quantitative estimate of drug-likeness (QED) is 0.901. The molecule has 0 saturated carbocycles. The third kappa shape index (κ3) is 3.76. The van der Waals surface area contributed by atoms with Crippen LogP contribution < -0.4 is 4.74 Å². The summed E-state index contributed by atoms with van der Waals surface area (Å²) in [5, 5.41) is 9.99. The maximum Gasteiger partial charge on any atom is 0.323 e. The summed E-state index contributed by atoms with van der Waals surface area (Å²) in [7, 11) is 0. The van der Waals surface area contributed by atoms with Crippen molar-refractivity contribution in [2.45, 2.75) is 6.04 Å². The average Bonchev–Trinajstić information content (AvgIpc) is 2.42. The molecule has 1 aromatic rings. The van der Waals surface area contributed by atoms with Crippen molar-refractivity contribution in [2.24, 2.45) is 0 Å². The van der Waals surface area contributed by atoms with Gasteiger partial charge in [-0.2, -0.15) is 0 Å². The van der Waals surface area contributed by atoms with E-state index in [-0.39, 0.29) is 6.61 Å². The van der Waals surface area contributed by atoms with Gasteiger partial charge in [0.15, 0.2) is 5.75 Å². The fraction of sp³-hybridized carbons (Fsp3) is 0.462. The van der Waals surface area contributed by atoms with Gasteiger partial charge in [0.1, 0.15) is 12.6 Å². The second-order valence-corrected chi connectivity index (χ2v) is 5.18. The molecule has 1 atom stereocenters. The van der Waals surface area contributed by atoms with Gasteiger partial charge in [0, 0.05) is 13.1 Å². The van der Waals surface area contributed by atoms with Crippen LogP contribution in [0.15, 0.2) is 18.2 Å². The molecular formula is C13H15Cl2NO4. The van der Waals surface area contributed by atoms with Crippen LogP contribution in [-0.2, 0) is 9.53 Å². The highest BCUT2D eigenvalue weighted by Gasteiger charge is 2.28. The molecule has 1 aromatic carbocycles. The van der Waals surface area contributed by atoms with Crippen LogP contribution in [0.4, 0.5) is 0 Å². The molecule has 1 aliphatic rings. The van der Waals surface area contributed by atoms with Gasteiger partial charge in [-0.05, 0) is 12.1 Å². The number of para-hydroxylation sites is 1. The van der Waals surface area contributed by atoms with Crippen molar-refractivity contribution < 1.29 is 19.4 Å². The van der Waals surface area contributed by atoms with Crippen LogP contribution in [0, 0.1) is 0 Å². The highest BCUT2D eigenvalue weighted by molar-refractivity contribution is 6.37. The summed E-state index contributed by atoms with van der Waals surface area (Å²) in [6.45, 7) is 2.07. The zero-order valence-electron chi connectivity index (χ0n) is 10.7. The Balaban J connectivity index is 1.90. The van der Waals surface area contributed by atoms with Gasteiger partial charge in [-0.15, -0.1) is 0 Å². The number of morpholine rings is 1. The monoisotopic (exact) mass is 319 g/mol. The van der Waals surface area contributed by atoms with Crippen LogP contribution in [0.5, 0.6) is 5.75 Å². The lowest BCUT2D eigenvalue weighted by atomic mass is 10.2. The summed E-state index contributed by atoms with van der Waals surface area (Å²) in [4.78, 5) is 12.9. The van der Waals surface area contributed by atoms with E-state index in [9.17, 15) is 4.79 Å². The molecule has 1 heterocycles. The molecule has 0 bridgehead atoms. The maximum absolute atomic E-state index is 11.1. The van der Waals surface area contributed by atoms with E-state index in [1.807, 2.05) is 4.90 Å². The van der Waals surface area contributed by atoms with Crippen molar-refractivity contribution in [2.75, 3.05) is 32.9 Å². The van der Waals surface area contributed by atoms with Crippen LogP contribution in [0.3, 0.4) is 0 Å². The first-order valence-electron chi connectivity index (χ1n) is 6.21. The van der Waals surface area contributed by atoms with E-state index in [4.69, 9.17) is 37.8 Å². The molecule has 0 spiro atoms. The topological polar surface area (TPSA) is 59.0 Å². The minimum Gasteiger partial charge on any atom is -0.489 e. The van der Waals surface area contributed by atoms with Crippen molar-refractivity contribution in [3.8, 4) is 5.75 Å². The van der Waals surface area contributed by atoms with Gasteiger partial charge in [-0.25, -0.2) is 0 Å². The molecule has 5 nitrogen and oxygen atoms in total. The van der Waals surface area contributed by atoms with Gasteiger partial charge in [0.25, 0.3) is 0 Å². The molecule has 0 aliphatic carbocycles. The predicted octanol–water partition coefficient (Wildman–Crippen LogP) is 2.16. The molecule has 7 heteroatoms. The summed E-state index contributed by atoms with van der Waals surface area (Å²) >= 11 is 12.0. The Hall–Kier alpha value is -1.01. The van der Waals surface area contributed by atoms with Gasteiger partial charge in [-0.1, -0.05) is 29.3 Å². The van der Waals surface area contributed by atoms with Crippen LogP contribution in [0.25, 0.3) is 0 Å². The fourth-order valence-corrected chi connectivity index (χ4v) is 2.53. The number of carbonyl (C=O) groups is 1. The largest absolute Gasteiger partial charge is 0.489 e. The Kier molecular flexibility index (Phi) is 5.48. The lowest BCUT2D eigenvalue weighted by molar-refractivity contribution is -0.149. The van der Waals surface area contributed by atoms with Gasteiger partial charge in [-0.3, -0.25) is 9.69 Å². The van der Waals surface area contributed by atoms with Crippen molar-refractivity contribution in [3.63, 3.8) is 0 Å². The molecular weight excluding hydrogens is 305 g/mol. The zero-order chi connectivity index (χ0) is 14.5. The third-order valence-corrected chi connectivity index (χ3v) is 3.66. The van der Waals surface area contributed by atoms with Gasteiger partial charge >= 0.3 is 5.97 Å². The number of hydrogen-bond donors (Lipinski definition) is 1. The molecule has 2 rings (SSSR count). The van der Waals surface area contributed by atoms with E-state index < -0.39 is 12.0 Å². The maximum atomic E-state index is 11.1. The van der Waals surface area contributed by atoms with Gasteiger partial charge < -0.3 is 14.6 Å². The van der Waals surface area contributed by atoms with E-state index in [1.165, 1.54) is 0 Å². The highest BCUT2D eigenvalue weighted by atomic mass is 35.5. The summed E-state index contributed by atoms with van der Waals surface area (Å²) in [5.41, 5.74) is 0. The average molecular weight is 320 g/mol. The Morgan fingerprint density at radius 3 is 2.80 bits per heavy atom. The minimum absolute atomic E-state index is 0.197. The molecule has 0 amide bonds. The van der Waals surface area contributed by atoms with Crippen LogP contribution in [-0.4, -0.2) is 54.9 Å². The van der Waals surface area contributed by atoms with Crippen molar-refractivity contribution in [1.82, 2.24) is 4.90 Å². The molecule has 1 fully saturated rings. The predicted molar refractivity (Wildman–Crippen MR) is 75.8 cm³/mol. The van der Waals surface area contributed by atoms with E-state index in [0.717, 1.165) is 0 Å². The fourth-order valence-electron chi connectivity index (χ4n) is 2.02. The molecule has 20 heavy (non-hydrogen) atoms. The third-order valence-electron chi connectivity index (χ3n) is 3.07. The summed E-state index contributed by atoms with van der Waals surface area (Å²) in [5.74, 6) is -0.462. The number of aliphatic carboxylic acids is 1. The normalized spacial score (nSPS) is 19.8. The molecule has 110 valence electrons. The second kappa shape index (κ2) is 7.13. The standard InChI is InChI=1S/C13H15Cl2NO4/c14-9-2-1-3-10(15)12(9)20-7-5-16-4-6-19-8-11(16)13(17)18/h1-3,11H,4-8H2,(H,17,18). The smallest absolute Gasteiger partial charge is 0.323 e. The summed E-state index contributed by atoms with van der Waals surface area (Å²) < 4.78 is 10.7. The van der Waals surface area contributed by atoms with Crippen LogP contribution in [0.1, 0.15) is 0 Å². The first-order chi connectivity index (χ1) is 9.59. The number of ether oxygens (including phenoxy) is 2. The van der Waals surface area contributed by atoms with Gasteiger partial charge in [0.05, 0.1) is 23.3 Å². The zero-order valence-corrected chi connectivity index (χ0v) is 12.2. The Labute approximate surface area is 127 Å². The Morgan fingerprint density at radius 2 is 2.15 bits per heavy atom.